The molecule has 1 aromatic carbocycles. The minimum Gasteiger partial charge on any atom is -0.473 e. The Balaban J connectivity index is 1.34. The van der Waals surface area contributed by atoms with Crippen LogP contribution in [0, 0.1) is 10.8 Å². The Bertz CT molecular complexity index is 1020. The molecule has 2 fully saturated rings. The summed E-state index contributed by atoms with van der Waals surface area (Å²) in [4.78, 5) is 5.11. The molecule has 1 unspecified atom stereocenters. The predicted molar refractivity (Wildman–Crippen MR) is 114 cm³/mol. The number of aromatic nitrogens is 4. The van der Waals surface area contributed by atoms with Crippen LogP contribution in [0.5, 0.6) is 11.6 Å². The lowest BCUT2D eigenvalue weighted by molar-refractivity contribution is 0.0401. The molecule has 7 nitrogen and oxygen atoms in total. The van der Waals surface area contributed by atoms with Gasteiger partial charge in [0.1, 0.15) is 6.10 Å². The highest BCUT2D eigenvalue weighted by atomic mass is 16.6. The van der Waals surface area contributed by atoms with Gasteiger partial charge in [-0.3, -0.25) is 5.10 Å². The number of nitrogens with one attached hydrogen (secondary N) is 1. The Morgan fingerprint density at radius 3 is 2.47 bits per heavy atom. The van der Waals surface area contributed by atoms with Crippen LogP contribution in [-0.2, 0) is 0 Å². The van der Waals surface area contributed by atoms with Gasteiger partial charge in [-0.25, -0.2) is 0 Å². The molecule has 0 radical (unpaired) electrons. The summed E-state index contributed by atoms with van der Waals surface area (Å²) in [7, 11) is 0. The van der Waals surface area contributed by atoms with E-state index >= 15 is 0 Å². The summed E-state index contributed by atoms with van der Waals surface area (Å²) in [5, 5.41) is 15.5. The van der Waals surface area contributed by atoms with E-state index < -0.39 is 0 Å². The number of H-pyrrole nitrogens is 1. The molecule has 3 N–H and O–H groups in total. The zero-order chi connectivity index (χ0) is 20.8. The van der Waals surface area contributed by atoms with E-state index in [9.17, 15) is 0 Å². The summed E-state index contributed by atoms with van der Waals surface area (Å²) in [6, 6.07) is 9.56. The van der Waals surface area contributed by atoms with Crippen molar-refractivity contribution in [2.24, 2.45) is 16.7 Å². The third kappa shape index (κ3) is 3.54. The Morgan fingerprint density at radius 1 is 1.03 bits per heavy atom. The second-order valence-electron chi connectivity index (χ2n) is 9.52. The number of fused-ring (bicyclic) bond motifs is 2. The van der Waals surface area contributed by atoms with E-state index in [0.29, 0.717) is 28.2 Å². The summed E-state index contributed by atoms with van der Waals surface area (Å²) in [6.45, 7) is 4.79. The Kier molecular flexibility index (Phi) is 4.50. The molecule has 0 aliphatic heterocycles. The zero-order valence-electron chi connectivity index (χ0n) is 17.4. The smallest absolute Gasteiger partial charge is 0.233 e. The molecule has 2 bridgehead atoms. The fourth-order valence-corrected chi connectivity index (χ4v) is 5.53. The van der Waals surface area contributed by atoms with Crippen LogP contribution < -0.4 is 15.5 Å². The molecule has 156 valence electrons. The van der Waals surface area contributed by atoms with E-state index in [0.717, 1.165) is 29.5 Å². The molecule has 5 rings (SSSR count). The molecule has 0 spiro atoms. The molecule has 2 heterocycles. The SMILES string of the molecule is C[C@]12CC[C@](C)(CC(Oc3ccc(-c4ccc(-c5cn[nH]c5)cc4ON)nn3)C1)C2. The molecule has 3 aromatic rings. The molecule has 7 heteroatoms. The lowest BCUT2D eigenvalue weighted by Crippen LogP contribution is -2.36. The number of ether oxygens (including phenoxy) is 1. The zero-order valence-corrected chi connectivity index (χ0v) is 17.4. The molecule has 0 saturated heterocycles. The average molecular weight is 406 g/mol. The fraction of sp³-hybridized carbons (Fsp3) is 0.435. The maximum atomic E-state index is 6.24. The Hall–Kier alpha value is -2.93. The lowest BCUT2D eigenvalue weighted by atomic mass is 9.69. The van der Waals surface area contributed by atoms with Gasteiger partial charge in [-0.05, 0) is 66.7 Å². The molecule has 2 aliphatic rings. The van der Waals surface area contributed by atoms with E-state index in [1.54, 1.807) is 6.20 Å². The molecule has 2 aliphatic carbocycles. The largest absolute Gasteiger partial charge is 0.473 e. The third-order valence-corrected chi connectivity index (χ3v) is 6.77. The van der Waals surface area contributed by atoms with Gasteiger partial charge in [0.15, 0.2) is 5.75 Å². The van der Waals surface area contributed by atoms with Crippen molar-refractivity contribution < 1.29 is 9.57 Å². The van der Waals surface area contributed by atoms with Gasteiger partial charge in [0.05, 0.1) is 11.9 Å². The van der Waals surface area contributed by atoms with Crippen molar-refractivity contribution in [3.63, 3.8) is 0 Å². The lowest BCUT2D eigenvalue weighted by Gasteiger charge is -2.39. The standard InChI is InChI=1S/C23H27N5O2/c1-22-7-8-23(2,14-22)11-17(10-22)29-21-6-5-19(27-28-21)18-4-3-15(9-20(18)30-24)16-12-25-26-13-16/h3-6,9,12-13,17H,7-8,10-11,14,24H2,1-2H3,(H,25,26)/t17?,22-,23+. The van der Waals surface area contributed by atoms with Crippen molar-refractivity contribution in [2.75, 3.05) is 0 Å². The van der Waals surface area contributed by atoms with Gasteiger partial charge >= 0.3 is 0 Å². The Morgan fingerprint density at radius 2 is 1.83 bits per heavy atom. The van der Waals surface area contributed by atoms with Crippen molar-refractivity contribution in [2.45, 2.75) is 52.1 Å². The van der Waals surface area contributed by atoms with Crippen LogP contribution in [0.2, 0.25) is 0 Å². The molecule has 30 heavy (non-hydrogen) atoms. The van der Waals surface area contributed by atoms with Crippen molar-refractivity contribution in [3.8, 4) is 34.0 Å². The highest BCUT2D eigenvalue weighted by molar-refractivity contribution is 5.74. The number of hydrogen-bond donors (Lipinski definition) is 2. The predicted octanol–water partition coefficient (Wildman–Crippen LogP) is 4.52. The second-order valence-corrected chi connectivity index (χ2v) is 9.52. The normalized spacial score (nSPS) is 27.8. The molecule has 0 amide bonds. The van der Waals surface area contributed by atoms with Crippen molar-refractivity contribution in [1.29, 1.82) is 0 Å². The topological polar surface area (TPSA) is 98.9 Å². The molecular formula is C23H27N5O2. The summed E-state index contributed by atoms with van der Waals surface area (Å²) in [6.07, 6.45) is 9.85. The van der Waals surface area contributed by atoms with Crippen LogP contribution >= 0.6 is 0 Å². The van der Waals surface area contributed by atoms with Crippen LogP contribution in [-0.4, -0.2) is 26.5 Å². The number of nitrogens with two attached hydrogens (primary N) is 1. The number of nitrogens with zero attached hydrogens (tertiary/aromatic N) is 3. The number of aromatic amines is 1. The number of hydrogen-bond acceptors (Lipinski definition) is 6. The minimum atomic E-state index is 0.202. The molecule has 3 atom stereocenters. The first-order valence-corrected chi connectivity index (χ1v) is 10.5. The van der Waals surface area contributed by atoms with Crippen LogP contribution in [0.1, 0.15) is 46.0 Å². The van der Waals surface area contributed by atoms with Gasteiger partial charge in [-0.2, -0.15) is 11.0 Å². The summed E-state index contributed by atoms with van der Waals surface area (Å²) in [5.41, 5.74) is 4.17. The van der Waals surface area contributed by atoms with Crippen LogP contribution in [0.3, 0.4) is 0 Å². The third-order valence-electron chi connectivity index (χ3n) is 6.77. The van der Waals surface area contributed by atoms with Gasteiger partial charge in [-0.15, -0.1) is 10.2 Å². The first kappa shape index (κ1) is 19.1. The van der Waals surface area contributed by atoms with E-state index in [-0.39, 0.29) is 6.10 Å². The van der Waals surface area contributed by atoms with Crippen LogP contribution in [0.4, 0.5) is 0 Å². The van der Waals surface area contributed by atoms with E-state index in [4.69, 9.17) is 15.5 Å². The van der Waals surface area contributed by atoms with Crippen molar-refractivity contribution in [3.05, 3.63) is 42.7 Å². The average Bonchev–Trinajstić information content (AvgIpc) is 3.34. The number of benzene rings is 1. The van der Waals surface area contributed by atoms with Gasteiger partial charge < -0.3 is 9.57 Å². The second kappa shape index (κ2) is 7.09. The molecular weight excluding hydrogens is 378 g/mol. The van der Waals surface area contributed by atoms with Crippen molar-refractivity contribution >= 4 is 0 Å². The maximum absolute atomic E-state index is 6.24. The number of rotatable bonds is 5. The highest BCUT2D eigenvalue weighted by Gasteiger charge is 2.49. The van der Waals surface area contributed by atoms with E-state index in [1.165, 1.54) is 19.3 Å². The summed E-state index contributed by atoms with van der Waals surface area (Å²) < 4.78 is 6.24. The van der Waals surface area contributed by atoms with Gasteiger partial charge in [0.25, 0.3) is 0 Å². The maximum Gasteiger partial charge on any atom is 0.233 e. The monoisotopic (exact) mass is 405 g/mol. The quantitative estimate of drug-likeness (QED) is 0.605. The minimum absolute atomic E-state index is 0.202. The molecule has 2 aromatic heterocycles. The summed E-state index contributed by atoms with van der Waals surface area (Å²) in [5.74, 6) is 6.63. The van der Waals surface area contributed by atoms with Crippen LogP contribution in [0.15, 0.2) is 42.7 Å². The fourth-order valence-electron chi connectivity index (χ4n) is 5.53. The highest BCUT2D eigenvalue weighted by Crippen LogP contribution is 2.58. The first-order chi connectivity index (χ1) is 14.5. The van der Waals surface area contributed by atoms with Gasteiger partial charge in [0.2, 0.25) is 5.88 Å². The van der Waals surface area contributed by atoms with E-state index in [1.807, 2.05) is 36.5 Å². The van der Waals surface area contributed by atoms with Gasteiger partial charge in [0, 0.05) is 23.4 Å². The first-order valence-electron chi connectivity index (χ1n) is 10.5. The van der Waals surface area contributed by atoms with Crippen molar-refractivity contribution in [1.82, 2.24) is 20.4 Å². The summed E-state index contributed by atoms with van der Waals surface area (Å²) >= 11 is 0. The Labute approximate surface area is 176 Å². The van der Waals surface area contributed by atoms with Gasteiger partial charge in [-0.1, -0.05) is 19.9 Å². The molecule has 2 saturated carbocycles. The van der Waals surface area contributed by atoms with Crippen LogP contribution in [0.25, 0.3) is 22.4 Å². The van der Waals surface area contributed by atoms with E-state index in [2.05, 4.69) is 34.2 Å².